The summed E-state index contributed by atoms with van der Waals surface area (Å²) in [7, 11) is 4.94. The van der Waals surface area contributed by atoms with E-state index >= 15 is 0 Å². The van der Waals surface area contributed by atoms with Crippen molar-refractivity contribution in [1.82, 2.24) is 15.0 Å². The van der Waals surface area contributed by atoms with Crippen LogP contribution in [0.15, 0.2) is 123 Å². The number of rotatable bonds is 22. The van der Waals surface area contributed by atoms with Gasteiger partial charge < -0.3 is 46.8 Å². The predicted octanol–water partition coefficient (Wildman–Crippen LogP) is 19.6. The number of amides is 3. The van der Waals surface area contributed by atoms with Gasteiger partial charge in [0.2, 0.25) is 35.4 Å². The van der Waals surface area contributed by atoms with Gasteiger partial charge in [0.05, 0.1) is 115 Å². The second-order valence-electron chi connectivity index (χ2n) is 32.4. The molecule has 6 aromatic heterocycles. The third kappa shape index (κ3) is 14.9. The largest absolute Gasteiger partial charge is 0.496 e. The smallest absolute Gasteiger partial charge is 0.306 e. The number of ether oxygens (including phenoxy) is 6. The van der Waals surface area contributed by atoms with Crippen LogP contribution in [0.5, 0.6) is 17.2 Å². The molecule has 3 aliphatic heterocycles. The number of Topliss-reactive ketones (excluding diaryl/α,β-unsaturated/α-hetero) is 3. The third-order valence-corrected chi connectivity index (χ3v) is 29.6. The van der Waals surface area contributed by atoms with Gasteiger partial charge in [-0.15, -0.1) is 34.0 Å². The Balaban J connectivity index is 0.000000131. The average Bonchev–Trinajstić information content (AvgIpc) is 1.51. The van der Waals surface area contributed by atoms with Crippen LogP contribution in [0.3, 0.4) is 0 Å². The fourth-order valence-corrected chi connectivity index (χ4v) is 23.1. The molecule has 5 atom stereocenters. The van der Waals surface area contributed by atoms with Crippen LogP contribution in [-0.2, 0) is 33.4 Å². The standard InChI is InChI=1S/C31H34N2O7S.C30H34N2O5S.C29H32N2O5S/c1-18-24-26(34)31(13-12-19(16-31)29(35)36)30(37)33(28(24)41-25(18)27-32-14-15-39-27)17-23(40-20-8-4-3-5-9-20)21-10-6-7-11-22(21)38-2;1-19-24-26(33)30(14-8-9-15-30)29(34)32(28(24)38-25(19)27-31-16-17-36-27)18-23(37-20-10-4-3-5-11-20)21-12-6-7-13-22(21)35-2;1-18-23-25(32)29(13-8-14-29)28(33)31(27(23)37-24(18)26-30-15-16-35-26)17-22(36-19-9-4-3-5-10-19)20-11-6-7-12-21(20)34-2/h6-7,10-11,14-15,19-20,23H,3-5,8-9,12-13,16-17H2,1-2H3,(H,35,36);6-7,12-13,16-17,20,23H,3-5,8-11,14-15,18H2,1-2H3;6-7,11-12,15-16,19,22H,3-5,8-10,13-14,17H2,1-2H3. The molecule has 6 saturated carbocycles. The number of nitrogens with zero attached hydrogens (tertiary/aromatic N) is 6. The van der Waals surface area contributed by atoms with Crippen molar-refractivity contribution >= 4 is 90.1 Å². The zero-order chi connectivity index (χ0) is 80.6. The van der Waals surface area contributed by atoms with E-state index in [2.05, 4.69) is 15.0 Å². The molecule has 9 aliphatic rings. The number of hydrogen-bond acceptors (Lipinski definition) is 22. The molecule has 18 rings (SSSR count). The molecular formula is C90H100N6O17S3. The highest BCUT2D eigenvalue weighted by atomic mass is 32.1. The van der Waals surface area contributed by atoms with Gasteiger partial charge in [-0.3, -0.25) is 48.3 Å². The third-order valence-electron chi connectivity index (χ3n) is 25.7. The van der Waals surface area contributed by atoms with Gasteiger partial charge in [-0.05, 0) is 139 Å². The molecule has 3 spiro atoms. The van der Waals surface area contributed by atoms with Crippen LogP contribution < -0.4 is 28.9 Å². The maximum atomic E-state index is 14.5. The van der Waals surface area contributed by atoms with Crippen molar-refractivity contribution in [2.24, 2.45) is 22.2 Å². The van der Waals surface area contributed by atoms with Gasteiger partial charge in [-0.1, -0.05) is 132 Å². The van der Waals surface area contributed by atoms with Crippen molar-refractivity contribution < 1.29 is 80.3 Å². The van der Waals surface area contributed by atoms with Crippen LogP contribution in [0.25, 0.3) is 32.3 Å². The van der Waals surface area contributed by atoms with E-state index in [0.717, 1.165) is 145 Å². The predicted molar refractivity (Wildman–Crippen MR) is 439 cm³/mol. The SMILES string of the molecule is COc1ccccc1C(CN1C(=O)C2(CCC(C(=O)O)C2)C(=O)c2c1sc(-c1ncco1)c2C)OC1CCCCC1.COc1ccccc1C(CN1C(=O)C2(CCC2)C(=O)c2c1sc(-c1ncco1)c2C)OC1CCCCC1.COc1ccccc1C(CN1C(=O)C2(CCCC2)C(=O)c2c1sc(-c1ncco1)c2C)OC1CCCCC1. The van der Waals surface area contributed by atoms with Crippen molar-refractivity contribution in [1.29, 1.82) is 0 Å². The Kier molecular flexibility index (Phi) is 23.7. The summed E-state index contributed by atoms with van der Waals surface area (Å²) in [6.07, 6.45) is 30.2. The molecule has 6 fully saturated rings. The fraction of sp³-hybridized carbons (Fsp3) is 0.489. The summed E-state index contributed by atoms with van der Waals surface area (Å²) in [5, 5.41) is 11.7. The summed E-state index contributed by atoms with van der Waals surface area (Å²) in [5.41, 5.74) is 3.37. The zero-order valence-corrected chi connectivity index (χ0v) is 69.1. The van der Waals surface area contributed by atoms with Gasteiger partial charge in [0, 0.05) is 16.7 Å². The molecule has 3 amide bonds. The highest BCUT2D eigenvalue weighted by Gasteiger charge is 2.61. The monoisotopic (exact) mass is 1630 g/mol. The fourth-order valence-electron chi connectivity index (χ4n) is 19.3. The number of anilines is 3. The molecule has 610 valence electrons. The summed E-state index contributed by atoms with van der Waals surface area (Å²) in [5.74, 6) is 0.794. The first-order valence-electron chi connectivity index (χ1n) is 41.2. The number of carboxylic acid groups (broad SMARTS) is 1. The Morgan fingerprint density at radius 3 is 1.03 bits per heavy atom. The first kappa shape index (κ1) is 80.4. The molecule has 116 heavy (non-hydrogen) atoms. The summed E-state index contributed by atoms with van der Waals surface area (Å²) >= 11 is 4.12. The lowest BCUT2D eigenvalue weighted by Crippen LogP contribution is -2.57. The number of aliphatic carboxylic acids is 1. The number of carboxylic acids is 1. The van der Waals surface area contributed by atoms with Gasteiger partial charge in [-0.25, -0.2) is 15.0 Å². The summed E-state index contributed by atoms with van der Waals surface area (Å²) in [6.45, 7) is 6.53. The molecule has 1 N–H and O–H groups in total. The zero-order valence-electron chi connectivity index (χ0n) is 66.6. The summed E-state index contributed by atoms with van der Waals surface area (Å²) in [6, 6.07) is 23.4. The van der Waals surface area contributed by atoms with E-state index in [9.17, 15) is 38.7 Å². The van der Waals surface area contributed by atoms with Crippen molar-refractivity contribution in [3.8, 4) is 49.6 Å². The molecule has 26 heteroatoms. The Morgan fingerprint density at radius 1 is 0.431 bits per heavy atom. The van der Waals surface area contributed by atoms with Crippen LogP contribution >= 0.6 is 34.0 Å². The minimum absolute atomic E-state index is 0.0115. The van der Waals surface area contributed by atoms with E-state index in [1.54, 1.807) is 44.8 Å². The minimum Gasteiger partial charge on any atom is -0.496 e. The number of carbonyl (C=O) groups is 7. The number of thiophene rings is 3. The maximum Gasteiger partial charge on any atom is 0.306 e. The number of oxazole rings is 3. The number of aromatic nitrogens is 3. The summed E-state index contributed by atoms with van der Waals surface area (Å²) < 4.78 is 54.2. The lowest BCUT2D eigenvalue weighted by molar-refractivity contribution is -0.141. The number of para-hydroxylation sites is 3. The Labute approximate surface area is 686 Å². The van der Waals surface area contributed by atoms with Crippen LogP contribution in [-0.4, -0.2) is 120 Å². The molecule has 5 unspecified atom stereocenters. The lowest BCUT2D eigenvalue weighted by Gasteiger charge is -2.46. The first-order valence-corrected chi connectivity index (χ1v) is 43.6. The number of fused-ring (bicyclic) bond motifs is 3. The van der Waals surface area contributed by atoms with E-state index in [1.165, 1.54) is 72.1 Å². The molecule has 3 aromatic carbocycles. The molecule has 6 aliphatic carbocycles. The number of hydrogen-bond donors (Lipinski definition) is 1. The average molecular weight is 1630 g/mol. The number of benzene rings is 3. The van der Waals surface area contributed by atoms with E-state index in [1.807, 2.05) is 103 Å². The van der Waals surface area contributed by atoms with Crippen LogP contribution in [0, 0.1) is 42.9 Å². The van der Waals surface area contributed by atoms with E-state index in [0.29, 0.717) is 104 Å². The van der Waals surface area contributed by atoms with Crippen LogP contribution in [0.2, 0.25) is 0 Å². The van der Waals surface area contributed by atoms with E-state index in [-0.39, 0.29) is 91.4 Å². The highest BCUT2D eigenvalue weighted by molar-refractivity contribution is 7.21. The number of carbonyl (C=O) groups excluding carboxylic acids is 6. The number of methoxy groups -OCH3 is 3. The first-order chi connectivity index (χ1) is 56.4. The molecule has 0 saturated heterocycles. The van der Waals surface area contributed by atoms with Crippen molar-refractivity contribution in [3.05, 3.63) is 160 Å². The van der Waals surface area contributed by atoms with Crippen LogP contribution in [0.1, 0.15) is 243 Å². The van der Waals surface area contributed by atoms with Gasteiger partial charge in [-0.2, -0.15) is 0 Å². The quantitative estimate of drug-likeness (QED) is 0.0617. The molecule has 0 radical (unpaired) electrons. The maximum absolute atomic E-state index is 14.5. The van der Waals surface area contributed by atoms with Crippen molar-refractivity contribution in [3.63, 3.8) is 0 Å². The topological polar surface area (TPSA) is 283 Å². The minimum atomic E-state index is -1.42. The van der Waals surface area contributed by atoms with Gasteiger partial charge in [0.1, 0.15) is 85.6 Å². The van der Waals surface area contributed by atoms with Gasteiger partial charge in [0.15, 0.2) is 17.3 Å². The second kappa shape index (κ2) is 34.3. The van der Waals surface area contributed by atoms with Gasteiger partial charge in [0.25, 0.3) is 0 Å². The van der Waals surface area contributed by atoms with Crippen molar-refractivity contribution in [2.75, 3.05) is 55.7 Å². The number of ketones is 3. The molecule has 9 aromatic rings. The molecule has 0 bridgehead atoms. The normalized spacial score (nSPS) is 21.4. The van der Waals surface area contributed by atoms with Crippen molar-refractivity contribution in [2.45, 2.75) is 218 Å². The van der Waals surface area contributed by atoms with Gasteiger partial charge >= 0.3 is 5.97 Å². The van der Waals surface area contributed by atoms with E-state index in [4.69, 9.17) is 41.7 Å². The lowest BCUT2D eigenvalue weighted by atomic mass is 9.62. The summed E-state index contributed by atoms with van der Waals surface area (Å²) in [4.78, 5) is 118. The Hall–Kier alpha value is -9.44. The molecule has 23 nitrogen and oxygen atoms in total. The highest BCUT2D eigenvalue weighted by Crippen LogP contribution is 2.59. The Morgan fingerprint density at radius 2 is 0.741 bits per heavy atom. The van der Waals surface area contributed by atoms with Crippen LogP contribution in [0.4, 0.5) is 15.0 Å². The second-order valence-corrected chi connectivity index (χ2v) is 35.4. The molecular weight excluding hydrogens is 1530 g/mol. The Bertz CT molecular complexity index is 5070. The van der Waals surface area contributed by atoms with E-state index < -0.39 is 34.2 Å². The molecule has 9 heterocycles.